The number of rotatable bonds is 2. The molecule has 1 aliphatic rings. The highest BCUT2D eigenvalue weighted by Gasteiger charge is 2.14. The quantitative estimate of drug-likeness (QED) is 0.811. The predicted octanol–water partition coefficient (Wildman–Crippen LogP) is 2.75. The molecule has 82 valence electrons. The summed E-state index contributed by atoms with van der Waals surface area (Å²) < 4.78 is 0. The normalized spacial score (nSPS) is 21.3. The van der Waals surface area contributed by atoms with Crippen LogP contribution in [0.3, 0.4) is 0 Å². The second-order valence-electron chi connectivity index (χ2n) is 3.73. The van der Waals surface area contributed by atoms with Gasteiger partial charge in [-0.25, -0.2) is 9.97 Å². The van der Waals surface area contributed by atoms with E-state index in [1.807, 2.05) is 18.7 Å². The van der Waals surface area contributed by atoms with E-state index in [0.29, 0.717) is 11.3 Å². The zero-order valence-electron chi connectivity index (χ0n) is 8.66. The van der Waals surface area contributed by atoms with Gasteiger partial charge in [0, 0.05) is 23.6 Å². The second kappa shape index (κ2) is 5.03. The summed E-state index contributed by atoms with van der Waals surface area (Å²) in [5.41, 5.74) is 1.05. The number of nitrogens with zero attached hydrogens (tertiary/aromatic N) is 2. The molecule has 1 aromatic rings. The lowest BCUT2D eigenvalue weighted by atomic mass is 10.2. The summed E-state index contributed by atoms with van der Waals surface area (Å²) in [5.74, 6) is 3.31. The molecule has 1 aromatic heterocycles. The van der Waals surface area contributed by atoms with Gasteiger partial charge in [-0.2, -0.15) is 11.8 Å². The Bertz CT molecular complexity index is 339. The van der Waals surface area contributed by atoms with Crippen molar-refractivity contribution in [3.05, 3.63) is 17.0 Å². The Balaban J connectivity index is 2.05. The van der Waals surface area contributed by atoms with Gasteiger partial charge in [-0.1, -0.05) is 0 Å². The molecular weight excluding hydrogens is 230 g/mol. The van der Waals surface area contributed by atoms with Crippen LogP contribution in [0.4, 0.5) is 5.82 Å². The van der Waals surface area contributed by atoms with Crippen LogP contribution < -0.4 is 5.32 Å². The Hall–Kier alpha value is -0.480. The standard InChI is InChI=1S/C10H14ClN3S/c1-7-5-12-10(11)14-9(7)13-8-3-2-4-15-6-8/h5,8H,2-4,6H2,1H3,(H,12,13,14). The van der Waals surface area contributed by atoms with Gasteiger partial charge in [-0.15, -0.1) is 0 Å². The molecule has 3 nitrogen and oxygen atoms in total. The van der Waals surface area contributed by atoms with E-state index in [0.717, 1.165) is 17.1 Å². The van der Waals surface area contributed by atoms with Crippen molar-refractivity contribution in [2.45, 2.75) is 25.8 Å². The molecule has 1 saturated heterocycles. The Morgan fingerprint density at radius 2 is 2.47 bits per heavy atom. The van der Waals surface area contributed by atoms with Gasteiger partial charge in [-0.05, 0) is 37.1 Å². The summed E-state index contributed by atoms with van der Waals surface area (Å²) in [6.45, 7) is 1.99. The highest BCUT2D eigenvalue weighted by Crippen LogP contribution is 2.21. The minimum Gasteiger partial charge on any atom is -0.366 e. The third-order valence-corrected chi connectivity index (χ3v) is 3.84. The predicted molar refractivity (Wildman–Crippen MR) is 65.7 cm³/mol. The highest BCUT2D eigenvalue weighted by molar-refractivity contribution is 7.99. The number of hydrogen-bond acceptors (Lipinski definition) is 4. The molecule has 15 heavy (non-hydrogen) atoms. The van der Waals surface area contributed by atoms with E-state index < -0.39 is 0 Å². The van der Waals surface area contributed by atoms with Gasteiger partial charge in [-0.3, -0.25) is 0 Å². The molecule has 2 rings (SSSR count). The van der Waals surface area contributed by atoms with E-state index in [2.05, 4.69) is 15.3 Å². The fourth-order valence-corrected chi connectivity index (χ4v) is 2.82. The van der Waals surface area contributed by atoms with Crippen LogP contribution in [0, 0.1) is 6.92 Å². The summed E-state index contributed by atoms with van der Waals surface area (Å²) in [4.78, 5) is 8.14. The maximum absolute atomic E-state index is 5.77. The largest absolute Gasteiger partial charge is 0.366 e. The molecule has 1 atom stereocenters. The van der Waals surface area contributed by atoms with E-state index in [1.54, 1.807) is 6.20 Å². The molecule has 2 heterocycles. The number of aromatic nitrogens is 2. The van der Waals surface area contributed by atoms with Crippen LogP contribution in [0.15, 0.2) is 6.20 Å². The first-order valence-electron chi connectivity index (χ1n) is 5.09. The maximum Gasteiger partial charge on any atom is 0.224 e. The summed E-state index contributed by atoms with van der Waals surface area (Å²) in [5, 5.41) is 3.75. The first-order chi connectivity index (χ1) is 7.25. The second-order valence-corrected chi connectivity index (χ2v) is 5.22. The van der Waals surface area contributed by atoms with Crippen molar-refractivity contribution in [2.24, 2.45) is 0 Å². The Kier molecular flexibility index (Phi) is 3.70. The van der Waals surface area contributed by atoms with Crippen LogP contribution in [0.2, 0.25) is 5.28 Å². The first-order valence-corrected chi connectivity index (χ1v) is 6.62. The SMILES string of the molecule is Cc1cnc(Cl)nc1NC1CCCSC1. The van der Waals surface area contributed by atoms with Crippen LogP contribution in [0.5, 0.6) is 0 Å². The van der Waals surface area contributed by atoms with Gasteiger partial charge in [0.15, 0.2) is 0 Å². The molecule has 5 heteroatoms. The number of aryl methyl sites for hydroxylation is 1. The van der Waals surface area contributed by atoms with Crippen molar-refractivity contribution in [1.29, 1.82) is 0 Å². The zero-order chi connectivity index (χ0) is 10.7. The van der Waals surface area contributed by atoms with Gasteiger partial charge >= 0.3 is 0 Å². The van der Waals surface area contributed by atoms with Gasteiger partial charge in [0.2, 0.25) is 5.28 Å². The van der Waals surface area contributed by atoms with Crippen LogP contribution in [0.25, 0.3) is 0 Å². The van der Waals surface area contributed by atoms with Crippen molar-refractivity contribution in [3.8, 4) is 0 Å². The van der Waals surface area contributed by atoms with E-state index >= 15 is 0 Å². The highest BCUT2D eigenvalue weighted by atomic mass is 35.5. The minimum atomic E-state index is 0.312. The van der Waals surface area contributed by atoms with E-state index in [4.69, 9.17) is 11.6 Å². The maximum atomic E-state index is 5.77. The summed E-state index contributed by atoms with van der Waals surface area (Å²) >= 11 is 7.76. The molecule has 1 unspecified atom stereocenters. The lowest BCUT2D eigenvalue weighted by Gasteiger charge is -2.23. The van der Waals surface area contributed by atoms with Gasteiger partial charge in [0.25, 0.3) is 0 Å². The number of hydrogen-bond donors (Lipinski definition) is 1. The fourth-order valence-electron chi connectivity index (χ4n) is 1.61. The van der Waals surface area contributed by atoms with Crippen molar-refractivity contribution < 1.29 is 0 Å². The van der Waals surface area contributed by atoms with E-state index in [-0.39, 0.29) is 0 Å². The molecular formula is C10H14ClN3S. The van der Waals surface area contributed by atoms with Gasteiger partial charge in [0.1, 0.15) is 5.82 Å². The third-order valence-electron chi connectivity index (χ3n) is 2.44. The van der Waals surface area contributed by atoms with Crippen molar-refractivity contribution >= 4 is 29.2 Å². The smallest absolute Gasteiger partial charge is 0.224 e. The average Bonchev–Trinajstić information content (AvgIpc) is 2.25. The molecule has 0 amide bonds. The molecule has 0 bridgehead atoms. The third kappa shape index (κ3) is 2.98. The number of halogens is 1. The molecule has 0 aromatic carbocycles. The van der Waals surface area contributed by atoms with Gasteiger partial charge < -0.3 is 5.32 Å². The summed E-state index contributed by atoms with van der Waals surface area (Å²) in [6, 6.07) is 0.522. The monoisotopic (exact) mass is 243 g/mol. The molecule has 1 aliphatic heterocycles. The van der Waals surface area contributed by atoms with Crippen LogP contribution in [-0.2, 0) is 0 Å². The number of anilines is 1. The zero-order valence-corrected chi connectivity index (χ0v) is 10.2. The number of nitrogens with one attached hydrogen (secondary N) is 1. The van der Waals surface area contributed by atoms with Crippen LogP contribution >= 0.6 is 23.4 Å². The fraction of sp³-hybridized carbons (Fsp3) is 0.600. The van der Waals surface area contributed by atoms with Crippen molar-refractivity contribution in [1.82, 2.24) is 9.97 Å². The number of thioether (sulfide) groups is 1. The van der Waals surface area contributed by atoms with Crippen LogP contribution in [-0.4, -0.2) is 27.5 Å². The molecule has 0 aliphatic carbocycles. The Morgan fingerprint density at radius 3 is 3.20 bits per heavy atom. The topological polar surface area (TPSA) is 37.8 Å². The van der Waals surface area contributed by atoms with E-state index in [1.165, 1.54) is 18.6 Å². The summed E-state index contributed by atoms with van der Waals surface area (Å²) in [7, 11) is 0. The van der Waals surface area contributed by atoms with Gasteiger partial charge in [0.05, 0.1) is 0 Å². The van der Waals surface area contributed by atoms with Crippen LogP contribution in [0.1, 0.15) is 18.4 Å². The first kappa shape index (κ1) is 11.0. The molecule has 1 N–H and O–H groups in total. The van der Waals surface area contributed by atoms with Crippen molar-refractivity contribution in [2.75, 3.05) is 16.8 Å². The molecule has 1 fully saturated rings. The molecule has 0 radical (unpaired) electrons. The Morgan fingerprint density at radius 1 is 1.60 bits per heavy atom. The Labute approximate surface area is 99.0 Å². The summed E-state index contributed by atoms with van der Waals surface area (Å²) in [6.07, 6.45) is 4.25. The molecule has 0 spiro atoms. The van der Waals surface area contributed by atoms with Crippen molar-refractivity contribution in [3.63, 3.8) is 0 Å². The lowest BCUT2D eigenvalue weighted by molar-refractivity contribution is 0.681. The van der Waals surface area contributed by atoms with E-state index in [9.17, 15) is 0 Å². The minimum absolute atomic E-state index is 0.312. The lowest BCUT2D eigenvalue weighted by Crippen LogP contribution is -2.26. The molecule has 0 saturated carbocycles. The average molecular weight is 244 g/mol.